The largest absolute Gasteiger partial charge is 0.481 e. The first kappa shape index (κ1) is 11.9. The topological polar surface area (TPSA) is 66.3 Å². The third-order valence-corrected chi connectivity index (χ3v) is 4.85. The summed E-state index contributed by atoms with van der Waals surface area (Å²) >= 11 is 1.47. The molecule has 18 heavy (non-hydrogen) atoms. The highest BCUT2D eigenvalue weighted by Gasteiger charge is 2.42. The second-order valence-electron chi connectivity index (χ2n) is 5.35. The standard InChI is InChI=1S/C12H17N3O2S/c1-7-13-12(18-14-7)15-9-2-3-10(15)5-8(4-9)6-11(16)17/h8-10H,2-6H2,1H3,(H,16,17). The Kier molecular flexibility index (Phi) is 2.97. The fourth-order valence-corrected chi connectivity index (χ4v) is 4.23. The Balaban J connectivity index is 1.75. The molecule has 3 rings (SSSR count). The molecule has 2 bridgehead atoms. The van der Waals surface area contributed by atoms with Gasteiger partial charge in [-0.1, -0.05) is 0 Å². The molecule has 3 heterocycles. The van der Waals surface area contributed by atoms with Crippen LogP contribution >= 0.6 is 11.5 Å². The maximum absolute atomic E-state index is 10.8. The average Bonchev–Trinajstić information content (AvgIpc) is 2.80. The Morgan fingerprint density at radius 3 is 2.61 bits per heavy atom. The van der Waals surface area contributed by atoms with Crippen LogP contribution in [0.25, 0.3) is 0 Å². The van der Waals surface area contributed by atoms with Crippen molar-refractivity contribution in [3.8, 4) is 0 Å². The minimum atomic E-state index is -0.667. The molecular weight excluding hydrogens is 250 g/mol. The molecule has 2 aliphatic rings. The van der Waals surface area contributed by atoms with Crippen LogP contribution in [-0.2, 0) is 4.79 Å². The van der Waals surface area contributed by atoms with E-state index in [0.29, 0.717) is 24.4 Å². The minimum Gasteiger partial charge on any atom is -0.481 e. The van der Waals surface area contributed by atoms with Gasteiger partial charge >= 0.3 is 5.97 Å². The molecule has 0 saturated carbocycles. The number of anilines is 1. The van der Waals surface area contributed by atoms with Crippen LogP contribution in [-0.4, -0.2) is 32.5 Å². The van der Waals surface area contributed by atoms with Crippen LogP contribution in [0, 0.1) is 12.8 Å². The van der Waals surface area contributed by atoms with E-state index in [-0.39, 0.29) is 0 Å². The Morgan fingerprint density at radius 1 is 1.44 bits per heavy atom. The first-order valence-electron chi connectivity index (χ1n) is 6.44. The molecule has 2 unspecified atom stereocenters. The summed E-state index contributed by atoms with van der Waals surface area (Å²) in [5.41, 5.74) is 0. The van der Waals surface area contributed by atoms with E-state index in [1.54, 1.807) is 0 Å². The first-order chi connectivity index (χ1) is 8.63. The Bertz CT molecular complexity index is 448. The number of piperidine rings is 1. The molecule has 0 spiro atoms. The lowest BCUT2D eigenvalue weighted by Gasteiger charge is -2.38. The second kappa shape index (κ2) is 4.50. The molecule has 2 saturated heterocycles. The van der Waals surface area contributed by atoms with Crippen LogP contribution in [0.3, 0.4) is 0 Å². The van der Waals surface area contributed by atoms with Crippen LogP contribution < -0.4 is 4.90 Å². The van der Waals surface area contributed by atoms with Gasteiger partial charge in [-0.05, 0) is 38.5 Å². The molecule has 2 aliphatic heterocycles. The van der Waals surface area contributed by atoms with Gasteiger partial charge in [-0.15, -0.1) is 0 Å². The number of carbonyl (C=O) groups is 1. The molecule has 1 aromatic rings. The van der Waals surface area contributed by atoms with Crippen LogP contribution in [0.5, 0.6) is 0 Å². The Hall–Kier alpha value is -1.17. The highest BCUT2D eigenvalue weighted by atomic mass is 32.1. The van der Waals surface area contributed by atoms with E-state index in [0.717, 1.165) is 23.8 Å². The van der Waals surface area contributed by atoms with Crippen LogP contribution in [0.4, 0.5) is 5.13 Å². The molecule has 6 heteroatoms. The molecule has 2 fully saturated rings. The van der Waals surface area contributed by atoms with Gasteiger partial charge in [0.15, 0.2) is 0 Å². The fraction of sp³-hybridized carbons (Fsp3) is 0.750. The van der Waals surface area contributed by atoms with Crippen molar-refractivity contribution < 1.29 is 9.90 Å². The minimum absolute atomic E-state index is 0.315. The van der Waals surface area contributed by atoms with Gasteiger partial charge < -0.3 is 10.0 Å². The number of carboxylic acid groups (broad SMARTS) is 1. The summed E-state index contributed by atoms with van der Waals surface area (Å²) in [6, 6.07) is 0.945. The van der Waals surface area contributed by atoms with Crippen LogP contribution in [0.1, 0.15) is 37.9 Å². The number of aliphatic carboxylic acids is 1. The number of carboxylic acids is 1. The number of rotatable bonds is 3. The predicted octanol–water partition coefficient (Wildman–Crippen LogP) is 2.07. The van der Waals surface area contributed by atoms with Crippen LogP contribution in [0.15, 0.2) is 0 Å². The quantitative estimate of drug-likeness (QED) is 0.908. The molecule has 0 radical (unpaired) electrons. The summed E-state index contributed by atoms with van der Waals surface area (Å²) in [7, 11) is 0. The third-order valence-electron chi connectivity index (χ3n) is 4.03. The van der Waals surface area contributed by atoms with E-state index in [4.69, 9.17) is 5.11 Å². The monoisotopic (exact) mass is 267 g/mol. The summed E-state index contributed by atoms with van der Waals surface area (Å²) in [5.74, 6) is 0.506. The number of aromatic nitrogens is 2. The summed E-state index contributed by atoms with van der Waals surface area (Å²) in [6.45, 7) is 1.92. The molecule has 1 aromatic heterocycles. The zero-order valence-corrected chi connectivity index (χ0v) is 11.2. The van der Waals surface area contributed by atoms with Crippen molar-refractivity contribution in [2.75, 3.05) is 4.90 Å². The summed E-state index contributed by atoms with van der Waals surface area (Å²) in [5, 5.41) is 9.93. The summed E-state index contributed by atoms with van der Waals surface area (Å²) in [6.07, 6.45) is 4.62. The van der Waals surface area contributed by atoms with Crippen LogP contribution in [0.2, 0.25) is 0 Å². The molecule has 0 amide bonds. The lowest BCUT2D eigenvalue weighted by Crippen LogP contribution is -2.43. The van der Waals surface area contributed by atoms with E-state index >= 15 is 0 Å². The van der Waals surface area contributed by atoms with Crippen molar-refractivity contribution >= 4 is 22.6 Å². The normalized spacial score (nSPS) is 30.7. The first-order valence-corrected chi connectivity index (χ1v) is 7.21. The van der Waals surface area contributed by atoms with Gasteiger partial charge in [-0.3, -0.25) is 4.79 Å². The molecule has 1 N–H and O–H groups in total. The lowest BCUT2D eigenvalue weighted by atomic mass is 9.88. The smallest absolute Gasteiger partial charge is 0.303 e. The average molecular weight is 267 g/mol. The Morgan fingerprint density at radius 2 is 2.11 bits per heavy atom. The van der Waals surface area contributed by atoms with E-state index in [2.05, 4.69) is 14.3 Å². The number of nitrogens with zero attached hydrogens (tertiary/aromatic N) is 3. The molecule has 0 aromatic carbocycles. The van der Waals surface area contributed by atoms with Gasteiger partial charge in [0.2, 0.25) is 5.13 Å². The van der Waals surface area contributed by atoms with Gasteiger partial charge in [0, 0.05) is 30.0 Å². The van der Waals surface area contributed by atoms with E-state index in [1.165, 1.54) is 24.4 Å². The van der Waals surface area contributed by atoms with E-state index in [9.17, 15) is 4.79 Å². The van der Waals surface area contributed by atoms with Crippen molar-refractivity contribution in [3.63, 3.8) is 0 Å². The second-order valence-corrected chi connectivity index (χ2v) is 6.08. The van der Waals surface area contributed by atoms with Crippen molar-refractivity contribution in [1.82, 2.24) is 9.36 Å². The van der Waals surface area contributed by atoms with Gasteiger partial charge in [0.25, 0.3) is 0 Å². The number of aryl methyl sites for hydroxylation is 1. The van der Waals surface area contributed by atoms with E-state index < -0.39 is 5.97 Å². The van der Waals surface area contributed by atoms with E-state index in [1.807, 2.05) is 6.92 Å². The van der Waals surface area contributed by atoms with Crippen molar-refractivity contribution in [1.29, 1.82) is 0 Å². The maximum Gasteiger partial charge on any atom is 0.303 e. The molecule has 98 valence electrons. The summed E-state index contributed by atoms with van der Waals surface area (Å²) in [4.78, 5) is 17.7. The van der Waals surface area contributed by atoms with Gasteiger partial charge in [0.1, 0.15) is 5.82 Å². The molecule has 2 atom stereocenters. The Labute approximate surface area is 110 Å². The predicted molar refractivity (Wildman–Crippen MR) is 68.9 cm³/mol. The molecular formula is C12H17N3O2S. The zero-order chi connectivity index (χ0) is 12.7. The van der Waals surface area contributed by atoms with Crippen molar-refractivity contribution in [2.24, 2.45) is 5.92 Å². The lowest BCUT2D eigenvalue weighted by molar-refractivity contribution is -0.138. The van der Waals surface area contributed by atoms with Gasteiger partial charge in [0.05, 0.1) is 0 Å². The zero-order valence-electron chi connectivity index (χ0n) is 10.4. The van der Waals surface area contributed by atoms with Crippen molar-refractivity contribution in [3.05, 3.63) is 5.82 Å². The molecule has 5 nitrogen and oxygen atoms in total. The van der Waals surface area contributed by atoms with Gasteiger partial charge in [-0.2, -0.15) is 4.37 Å². The fourth-order valence-electron chi connectivity index (χ4n) is 3.41. The third kappa shape index (κ3) is 2.09. The number of hydrogen-bond acceptors (Lipinski definition) is 5. The summed E-state index contributed by atoms with van der Waals surface area (Å²) < 4.78 is 4.25. The maximum atomic E-state index is 10.8. The highest BCUT2D eigenvalue weighted by molar-refractivity contribution is 7.09. The number of hydrogen-bond donors (Lipinski definition) is 1. The SMILES string of the molecule is Cc1nsc(N2C3CCC2CC(CC(=O)O)C3)n1. The number of fused-ring (bicyclic) bond motifs is 2. The molecule has 0 aliphatic carbocycles. The highest BCUT2D eigenvalue weighted by Crippen LogP contribution is 2.42. The van der Waals surface area contributed by atoms with Crippen molar-refractivity contribution in [2.45, 2.75) is 51.1 Å². The van der Waals surface area contributed by atoms with Gasteiger partial charge in [-0.25, -0.2) is 4.98 Å².